The SMILES string of the molecule is Clc1[c]scc1Br. The first-order valence-corrected chi connectivity index (χ1v) is 3.66. The van der Waals surface area contributed by atoms with Gasteiger partial charge in [0.25, 0.3) is 0 Å². The molecule has 1 aromatic rings. The largest absolute Gasteiger partial charge is 0.140 e. The van der Waals surface area contributed by atoms with Gasteiger partial charge in [0.15, 0.2) is 0 Å². The second-order valence-corrected chi connectivity index (χ2v) is 2.91. The van der Waals surface area contributed by atoms with Crippen LogP contribution in [0.25, 0.3) is 0 Å². The van der Waals surface area contributed by atoms with Gasteiger partial charge in [-0.05, 0) is 15.9 Å². The van der Waals surface area contributed by atoms with E-state index in [9.17, 15) is 0 Å². The van der Waals surface area contributed by atoms with Gasteiger partial charge in [0.1, 0.15) is 0 Å². The van der Waals surface area contributed by atoms with Gasteiger partial charge in [-0.25, -0.2) is 0 Å². The van der Waals surface area contributed by atoms with Crippen molar-refractivity contribution in [1.82, 2.24) is 0 Å². The lowest BCUT2D eigenvalue weighted by atomic mass is 10.7. The Bertz CT molecular complexity index is 144. The predicted molar refractivity (Wildman–Crippen MR) is 35.9 cm³/mol. The standard InChI is InChI=1S/C4HBrClS/c5-3-1-7-2-4(3)6/h1H. The number of halogens is 2. The van der Waals surface area contributed by atoms with Gasteiger partial charge in [0.2, 0.25) is 0 Å². The molecule has 0 amide bonds. The van der Waals surface area contributed by atoms with Crippen LogP contribution in [0.2, 0.25) is 5.02 Å². The van der Waals surface area contributed by atoms with Crippen LogP contribution >= 0.6 is 38.9 Å². The van der Waals surface area contributed by atoms with Crippen LogP contribution in [0.15, 0.2) is 9.85 Å². The maximum atomic E-state index is 5.53. The maximum Gasteiger partial charge on any atom is 0.0743 e. The van der Waals surface area contributed by atoms with E-state index in [0.717, 1.165) is 4.47 Å². The molecule has 0 bridgehead atoms. The first-order chi connectivity index (χ1) is 3.30. The summed E-state index contributed by atoms with van der Waals surface area (Å²) in [4.78, 5) is 0. The average molecular weight is 196 g/mol. The van der Waals surface area contributed by atoms with Gasteiger partial charge in [-0.1, -0.05) is 11.6 Å². The summed E-state index contributed by atoms with van der Waals surface area (Å²) >= 11 is 10.2. The molecule has 0 N–H and O–H groups in total. The third-order valence-electron chi connectivity index (χ3n) is 0.521. The van der Waals surface area contributed by atoms with E-state index in [-0.39, 0.29) is 0 Å². The number of thiophene rings is 1. The Morgan fingerprint density at radius 3 is 2.71 bits per heavy atom. The van der Waals surface area contributed by atoms with Gasteiger partial charge in [-0.15, -0.1) is 11.3 Å². The summed E-state index contributed by atoms with van der Waals surface area (Å²) in [7, 11) is 0. The van der Waals surface area contributed by atoms with Crippen LogP contribution in [0.1, 0.15) is 0 Å². The van der Waals surface area contributed by atoms with Crippen molar-refractivity contribution in [2.75, 3.05) is 0 Å². The summed E-state index contributed by atoms with van der Waals surface area (Å²) in [5.41, 5.74) is 0. The molecule has 0 aromatic carbocycles. The fourth-order valence-corrected chi connectivity index (χ4v) is 1.49. The predicted octanol–water partition coefficient (Wildman–Crippen LogP) is 2.96. The molecule has 0 unspecified atom stereocenters. The van der Waals surface area contributed by atoms with Gasteiger partial charge in [-0.2, -0.15) is 0 Å². The minimum atomic E-state index is 0.671. The molecule has 1 rings (SSSR count). The molecule has 0 fully saturated rings. The first-order valence-electron chi connectivity index (χ1n) is 1.61. The lowest BCUT2D eigenvalue weighted by Crippen LogP contribution is -1.46. The van der Waals surface area contributed by atoms with Crippen molar-refractivity contribution in [2.45, 2.75) is 0 Å². The number of rotatable bonds is 0. The molecule has 0 aliphatic heterocycles. The minimum Gasteiger partial charge on any atom is -0.140 e. The Labute approximate surface area is 59.2 Å². The lowest BCUT2D eigenvalue weighted by Gasteiger charge is -1.73. The highest BCUT2D eigenvalue weighted by Crippen LogP contribution is 2.24. The molecule has 1 heterocycles. The van der Waals surface area contributed by atoms with E-state index in [0.29, 0.717) is 5.02 Å². The topological polar surface area (TPSA) is 0 Å². The van der Waals surface area contributed by atoms with Gasteiger partial charge >= 0.3 is 0 Å². The fraction of sp³-hybridized carbons (Fsp3) is 0. The van der Waals surface area contributed by atoms with Crippen molar-refractivity contribution in [2.24, 2.45) is 0 Å². The molecule has 0 aliphatic carbocycles. The van der Waals surface area contributed by atoms with E-state index in [1.807, 2.05) is 5.38 Å². The molecule has 37 valence electrons. The Balaban J connectivity index is 3.12. The van der Waals surface area contributed by atoms with E-state index >= 15 is 0 Å². The van der Waals surface area contributed by atoms with Crippen LogP contribution in [0.4, 0.5) is 0 Å². The number of hydrogen-bond donors (Lipinski definition) is 0. The normalized spacial score (nSPS) is 9.43. The third kappa shape index (κ3) is 1.18. The monoisotopic (exact) mass is 195 g/mol. The van der Waals surface area contributed by atoms with Gasteiger partial charge in [0.05, 0.1) is 10.4 Å². The van der Waals surface area contributed by atoms with E-state index in [2.05, 4.69) is 21.3 Å². The van der Waals surface area contributed by atoms with Crippen LogP contribution < -0.4 is 0 Å². The summed E-state index contributed by atoms with van der Waals surface area (Å²) in [5, 5.41) is 5.39. The fourth-order valence-electron chi connectivity index (χ4n) is 0.233. The highest BCUT2D eigenvalue weighted by Gasteiger charge is 1.92. The lowest BCUT2D eigenvalue weighted by molar-refractivity contribution is 1.88. The van der Waals surface area contributed by atoms with Crippen molar-refractivity contribution >= 4 is 38.9 Å². The second kappa shape index (κ2) is 2.16. The van der Waals surface area contributed by atoms with Crippen molar-refractivity contribution in [3.63, 3.8) is 0 Å². The van der Waals surface area contributed by atoms with Crippen LogP contribution in [0, 0.1) is 5.38 Å². The molecule has 0 spiro atoms. The van der Waals surface area contributed by atoms with Crippen LogP contribution in [-0.4, -0.2) is 0 Å². The Kier molecular flexibility index (Phi) is 1.73. The summed E-state index contributed by atoms with van der Waals surface area (Å²) in [6.07, 6.45) is 0. The molecule has 0 nitrogen and oxygen atoms in total. The van der Waals surface area contributed by atoms with E-state index in [4.69, 9.17) is 11.6 Å². The zero-order valence-electron chi connectivity index (χ0n) is 3.24. The van der Waals surface area contributed by atoms with Crippen molar-refractivity contribution in [3.05, 3.63) is 20.3 Å². The van der Waals surface area contributed by atoms with E-state index in [1.54, 1.807) is 0 Å². The summed E-state index contributed by atoms with van der Waals surface area (Å²) in [6, 6.07) is 0. The Hall–Kier alpha value is 0.470. The van der Waals surface area contributed by atoms with Crippen LogP contribution in [0.3, 0.4) is 0 Å². The number of hydrogen-bond acceptors (Lipinski definition) is 1. The summed E-state index contributed by atoms with van der Waals surface area (Å²) in [6.45, 7) is 0. The zero-order chi connectivity index (χ0) is 5.28. The molecule has 1 radical (unpaired) electrons. The van der Waals surface area contributed by atoms with Crippen molar-refractivity contribution in [1.29, 1.82) is 0 Å². The van der Waals surface area contributed by atoms with Gasteiger partial charge in [0, 0.05) is 9.85 Å². The summed E-state index contributed by atoms with van der Waals surface area (Å²) in [5.74, 6) is 0. The Morgan fingerprint density at radius 1 is 1.86 bits per heavy atom. The van der Waals surface area contributed by atoms with Gasteiger partial charge < -0.3 is 0 Å². The zero-order valence-corrected chi connectivity index (χ0v) is 6.40. The van der Waals surface area contributed by atoms with E-state index < -0.39 is 0 Å². The molecule has 3 heteroatoms. The molecule has 7 heavy (non-hydrogen) atoms. The van der Waals surface area contributed by atoms with Crippen LogP contribution in [0.5, 0.6) is 0 Å². The molecular weight excluding hydrogens is 195 g/mol. The highest BCUT2D eigenvalue weighted by atomic mass is 79.9. The highest BCUT2D eigenvalue weighted by molar-refractivity contribution is 9.10. The average Bonchev–Trinajstić information content (AvgIpc) is 1.91. The van der Waals surface area contributed by atoms with Gasteiger partial charge in [-0.3, -0.25) is 0 Å². The Morgan fingerprint density at radius 2 is 2.57 bits per heavy atom. The molecule has 0 saturated heterocycles. The second-order valence-electron chi connectivity index (χ2n) is 1.000. The minimum absolute atomic E-state index is 0.671. The third-order valence-corrected chi connectivity index (χ3v) is 2.76. The maximum absolute atomic E-state index is 5.53. The smallest absolute Gasteiger partial charge is 0.0743 e. The van der Waals surface area contributed by atoms with Crippen LogP contribution in [-0.2, 0) is 0 Å². The van der Waals surface area contributed by atoms with Crippen molar-refractivity contribution < 1.29 is 0 Å². The molecular formula is C4HBrClS. The molecule has 0 saturated carbocycles. The molecule has 0 aliphatic rings. The molecule has 0 atom stereocenters. The summed E-state index contributed by atoms with van der Waals surface area (Å²) < 4.78 is 0.930. The quantitative estimate of drug-likeness (QED) is 0.598. The molecule has 1 aromatic heterocycles. The van der Waals surface area contributed by atoms with E-state index in [1.165, 1.54) is 11.3 Å². The first kappa shape index (κ1) is 5.60. The van der Waals surface area contributed by atoms with Crippen molar-refractivity contribution in [3.8, 4) is 0 Å².